The molecule has 0 aliphatic carbocycles. The molecule has 2 aromatic carbocycles. The van der Waals surface area contributed by atoms with Crippen molar-refractivity contribution in [1.29, 1.82) is 0 Å². The van der Waals surface area contributed by atoms with Crippen molar-refractivity contribution in [2.75, 3.05) is 12.9 Å². The Labute approximate surface area is 124 Å². The first-order valence-electron chi connectivity index (χ1n) is 6.26. The summed E-state index contributed by atoms with van der Waals surface area (Å²) in [7, 11) is -1.09. The molecule has 1 unspecified atom stereocenters. The van der Waals surface area contributed by atoms with Gasteiger partial charge >= 0.3 is 0 Å². The van der Waals surface area contributed by atoms with Crippen molar-refractivity contribution < 1.29 is 13.8 Å². The highest BCUT2D eigenvalue weighted by Crippen LogP contribution is 2.64. The maximum absolute atomic E-state index is 10.3. The zero-order chi connectivity index (χ0) is 14.2. The van der Waals surface area contributed by atoms with Crippen LogP contribution in [0.1, 0.15) is 10.8 Å². The molecule has 106 valence electrons. The third-order valence-corrected chi connectivity index (χ3v) is 6.63. The summed E-state index contributed by atoms with van der Waals surface area (Å²) in [6.07, 6.45) is 0. The van der Waals surface area contributed by atoms with E-state index in [1.54, 1.807) is 31.0 Å². The lowest BCUT2D eigenvalue weighted by molar-refractivity contribution is 0.408. The van der Waals surface area contributed by atoms with Crippen LogP contribution in [-0.2, 0) is 0 Å². The zero-order valence-corrected chi connectivity index (χ0v) is 12.7. The molecule has 3 nitrogen and oxygen atoms in total. The molecular weight excluding hydrogens is 292 g/mol. The van der Waals surface area contributed by atoms with Crippen LogP contribution in [0.5, 0.6) is 5.75 Å². The Hall–Kier alpha value is -1.14. The predicted octanol–water partition coefficient (Wildman–Crippen LogP) is 4.65. The molecule has 0 saturated carbocycles. The molecule has 0 spiro atoms. The summed E-state index contributed by atoms with van der Waals surface area (Å²) >= 11 is 1.65. The normalized spacial score (nSPS) is 21.2. The topological polar surface area (TPSA) is 49.7 Å². The minimum absolute atomic E-state index is 0.00792. The van der Waals surface area contributed by atoms with E-state index in [0.29, 0.717) is 10.6 Å². The van der Waals surface area contributed by atoms with Crippen molar-refractivity contribution >= 4 is 22.4 Å². The van der Waals surface area contributed by atoms with Crippen LogP contribution < -0.4 is 4.74 Å². The molecule has 1 aliphatic rings. The second-order valence-corrected chi connectivity index (χ2v) is 8.01. The Balaban J connectivity index is 2.00. The zero-order valence-electron chi connectivity index (χ0n) is 11.0. The fourth-order valence-corrected chi connectivity index (χ4v) is 6.02. The van der Waals surface area contributed by atoms with Crippen molar-refractivity contribution in [1.82, 2.24) is 0 Å². The van der Waals surface area contributed by atoms with Crippen molar-refractivity contribution in [2.24, 2.45) is 0 Å². The van der Waals surface area contributed by atoms with E-state index in [-0.39, 0.29) is 5.25 Å². The van der Waals surface area contributed by atoms with Crippen LogP contribution in [0, 0.1) is 0 Å². The van der Waals surface area contributed by atoms with Gasteiger partial charge < -0.3 is 4.74 Å². The van der Waals surface area contributed by atoms with E-state index >= 15 is 0 Å². The molecule has 0 amide bonds. The number of hydrogen-bond acceptors (Lipinski definition) is 4. The van der Waals surface area contributed by atoms with Crippen LogP contribution in [0.3, 0.4) is 0 Å². The molecule has 20 heavy (non-hydrogen) atoms. The van der Waals surface area contributed by atoms with Gasteiger partial charge in [0.05, 0.1) is 23.0 Å². The molecule has 2 N–H and O–H groups in total. The summed E-state index contributed by atoms with van der Waals surface area (Å²) in [5.74, 6) is 1.08. The Bertz CT molecular complexity index is 614. The maximum Gasteiger partial charge on any atom is 0.125 e. The van der Waals surface area contributed by atoms with Crippen LogP contribution in [0.25, 0.3) is 0 Å². The monoisotopic (exact) mass is 308 g/mol. The lowest BCUT2D eigenvalue weighted by atomic mass is 10.1. The number of thioether (sulfide) groups is 1. The number of methoxy groups -OCH3 is 1. The van der Waals surface area contributed by atoms with Gasteiger partial charge in [0.25, 0.3) is 0 Å². The van der Waals surface area contributed by atoms with E-state index in [2.05, 4.69) is 0 Å². The van der Waals surface area contributed by atoms with E-state index < -0.39 is 10.6 Å². The van der Waals surface area contributed by atoms with Crippen LogP contribution >= 0.6 is 22.4 Å². The first kappa shape index (κ1) is 13.8. The van der Waals surface area contributed by atoms with Crippen LogP contribution in [-0.4, -0.2) is 22.0 Å². The van der Waals surface area contributed by atoms with E-state index in [1.807, 2.05) is 36.4 Å². The van der Waals surface area contributed by atoms with Gasteiger partial charge in [-0.1, -0.05) is 24.3 Å². The molecular formula is C15H16O3S2. The number of hydrogen-bond donors (Lipinski definition) is 2. The van der Waals surface area contributed by atoms with E-state index in [0.717, 1.165) is 16.2 Å². The van der Waals surface area contributed by atoms with E-state index in [4.69, 9.17) is 4.74 Å². The SMILES string of the molecule is COc1cccc2c1C(Sc1ccccc1)CS2(O)O. The van der Waals surface area contributed by atoms with Crippen molar-refractivity contribution in [2.45, 2.75) is 15.0 Å². The largest absolute Gasteiger partial charge is 0.496 e. The molecule has 1 aliphatic heterocycles. The highest BCUT2D eigenvalue weighted by molar-refractivity contribution is 8.25. The number of benzene rings is 2. The van der Waals surface area contributed by atoms with E-state index in [9.17, 15) is 9.11 Å². The van der Waals surface area contributed by atoms with Crippen molar-refractivity contribution in [3.05, 3.63) is 54.1 Å². The van der Waals surface area contributed by atoms with Gasteiger partial charge in [-0.25, -0.2) is 0 Å². The fourth-order valence-electron chi connectivity index (χ4n) is 2.44. The molecule has 0 aromatic heterocycles. The molecule has 3 rings (SSSR count). The van der Waals surface area contributed by atoms with Crippen LogP contribution in [0.15, 0.2) is 58.3 Å². The summed E-state index contributed by atoms with van der Waals surface area (Å²) in [6.45, 7) is 0. The lowest BCUT2D eigenvalue weighted by Gasteiger charge is -2.27. The van der Waals surface area contributed by atoms with Gasteiger partial charge in [-0.15, -0.1) is 11.8 Å². The van der Waals surface area contributed by atoms with Gasteiger partial charge in [-0.05, 0) is 24.3 Å². The summed E-state index contributed by atoms with van der Waals surface area (Å²) in [6, 6.07) is 15.5. The van der Waals surface area contributed by atoms with Gasteiger partial charge in [0.15, 0.2) is 0 Å². The smallest absolute Gasteiger partial charge is 0.125 e. The summed E-state index contributed by atoms with van der Waals surface area (Å²) < 4.78 is 26.0. The fraction of sp³-hybridized carbons (Fsp3) is 0.200. The minimum Gasteiger partial charge on any atom is -0.496 e. The van der Waals surface area contributed by atoms with Crippen LogP contribution in [0.4, 0.5) is 0 Å². The molecule has 0 bridgehead atoms. The molecule has 0 saturated heterocycles. The van der Waals surface area contributed by atoms with Gasteiger partial charge in [0, 0.05) is 10.5 Å². The van der Waals surface area contributed by atoms with Crippen molar-refractivity contribution in [3.63, 3.8) is 0 Å². The quantitative estimate of drug-likeness (QED) is 0.866. The molecule has 5 heteroatoms. The van der Waals surface area contributed by atoms with E-state index in [1.165, 1.54) is 0 Å². The van der Waals surface area contributed by atoms with Crippen LogP contribution in [0.2, 0.25) is 0 Å². The van der Waals surface area contributed by atoms with Gasteiger partial charge in [0.2, 0.25) is 0 Å². The third-order valence-electron chi connectivity index (χ3n) is 3.33. The summed E-state index contributed by atoms with van der Waals surface area (Å²) in [5.41, 5.74) is 0.920. The Morgan fingerprint density at radius 1 is 1.10 bits per heavy atom. The third kappa shape index (κ3) is 2.42. The average molecular weight is 308 g/mol. The van der Waals surface area contributed by atoms with Gasteiger partial charge in [-0.2, -0.15) is 10.6 Å². The molecule has 2 aromatic rings. The predicted molar refractivity (Wildman–Crippen MR) is 84.0 cm³/mol. The molecule has 0 fully saturated rings. The Morgan fingerprint density at radius 2 is 1.85 bits per heavy atom. The first-order chi connectivity index (χ1) is 9.62. The molecule has 0 radical (unpaired) electrons. The highest BCUT2D eigenvalue weighted by atomic mass is 32.3. The average Bonchev–Trinajstić information content (AvgIpc) is 2.71. The maximum atomic E-state index is 10.3. The van der Waals surface area contributed by atoms with Gasteiger partial charge in [0.1, 0.15) is 5.75 Å². The van der Waals surface area contributed by atoms with Gasteiger partial charge in [-0.3, -0.25) is 9.11 Å². The minimum atomic E-state index is -2.71. The lowest BCUT2D eigenvalue weighted by Crippen LogP contribution is -1.98. The number of ether oxygens (including phenoxy) is 1. The second kappa shape index (κ2) is 5.33. The second-order valence-electron chi connectivity index (χ2n) is 4.63. The first-order valence-corrected chi connectivity index (χ1v) is 8.86. The Morgan fingerprint density at radius 3 is 2.55 bits per heavy atom. The van der Waals surface area contributed by atoms with Crippen molar-refractivity contribution in [3.8, 4) is 5.75 Å². The summed E-state index contributed by atoms with van der Waals surface area (Å²) in [5, 5.41) is 0.00792. The summed E-state index contributed by atoms with van der Waals surface area (Å²) in [4.78, 5) is 1.75. The molecule has 1 atom stereocenters. The Kier molecular flexibility index (Phi) is 3.69. The molecule has 1 heterocycles. The number of fused-ring (bicyclic) bond motifs is 1. The standard InChI is InChI=1S/C15H16O3S2/c1-18-12-8-5-9-14-15(12)13(10-20(14,16)17)19-11-6-3-2-4-7-11/h2-9,13,16-17H,10H2,1H3. The highest BCUT2D eigenvalue weighted by Gasteiger charge is 2.37. The number of rotatable bonds is 3.